The lowest BCUT2D eigenvalue weighted by Gasteiger charge is -2.20. The van der Waals surface area contributed by atoms with Crippen molar-refractivity contribution >= 4 is 18.3 Å². The molecule has 2 atom stereocenters. The van der Waals surface area contributed by atoms with Crippen molar-refractivity contribution in [2.45, 2.75) is 51.5 Å². The maximum atomic E-state index is 11.4. The summed E-state index contributed by atoms with van der Waals surface area (Å²) in [6.45, 7) is 2.67. The summed E-state index contributed by atoms with van der Waals surface area (Å²) in [5.41, 5.74) is 0. The third-order valence-corrected chi connectivity index (χ3v) is 3.27. The molecule has 2 unspecified atom stereocenters. The molecule has 0 aromatic carbocycles. The van der Waals surface area contributed by atoms with Gasteiger partial charge in [0.05, 0.1) is 6.54 Å². The number of amides is 1. The van der Waals surface area contributed by atoms with Crippen LogP contribution in [-0.2, 0) is 4.79 Å². The van der Waals surface area contributed by atoms with Crippen molar-refractivity contribution in [1.82, 2.24) is 10.6 Å². The van der Waals surface area contributed by atoms with Gasteiger partial charge in [-0.3, -0.25) is 4.79 Å². The molecule has 1 aliphatic rings. The molecule has 0 aromatic rings. The Balaban J connectivity index is 0.00000225. The summed E-state index contributed by atoms with van der Waals surface area (Å²) < 4.78 is 0. The van der Waals surface area contributed by atoms with Crippen LogP contribution in [0.25, 0.3) is 0 Å². The van der Waals surface area contributed by atoms with E-state index in [1.807, 2.05) is 7.05 Å². The van der Waals surface area contributed by atoms with E-state index in [1.54, 1.807) is 0 Å². The van der Waals surface area contributed by atoms with Crippen molar-refractivity contribution in [3.8, 4) is 0 Å². The minimum absolute atomic E-state index is 0. The molecular weight excluding hydrogens is 224 g/mol. The highest BCUT2D eigenvalue weighted by Crippen LogP contribution is 2.29. The number of carbonyl (C=O) groups is 1. The molecule has 0 aromatic heterocycles. The second kappa shape index (κ2) is 8.82. The molecule has 0 saturated heterocycles. The largest absolute Gasteiger partial charge is 0.352 e. The third-order valence-electron chi connectivity index (χ3n) is 3.27. The van der Waals surface area contributed by atoms with Crippen molar-refractivity contribution < 1.29 is 4.79 Å². The van der Waals surface area contributed by atoms with Gasteiger partial charge in [0.15, 0.2) is 0 Å². The Labute approximate surface area is 105 Å². The lowest BCUT2D eigenvalue weighted by molar-refractivity contribution is -0.121. The van der Waals surface area contributed by atoms with Crippen LogP contribution in [0, 0.1) is 5.92 Å². The normalized spacial score (nSPS) is 23.9. The number of halogens is 1. The molecule has 1 aliphatic carbocycles. The Hall–Kier alpha value is -0.280. The molecule has 1 fully saturated rings. The van der Waals surface area contributed by atoms with Crippen LogP contribution in [0.4, 0.5) is 0 Å². The van der Waals surface area contributed by atoms with E-state index in [1.165, 1.54) is 38.5 Å². The molecule has 2 N–H and O–H groups in total. The average molecular weight is 249 g/mol. The van der Waals surface area contributed by atoms with Crippen LogP contribution in [-0.4, -0.2) is 25.5 Å². The molecule has 0 bridgehead atoms. The number of hydrogen-bond acceptors (Lipinski definition) is 2. The molecule has 0 heterocycles. The summed E-state index contributed by atoms with van der Waals surface area (Å²) in [5.74, 6) is 0.872. The van der Waals surface area contributed by atoms with E-state index in [9.17, 15) is 4.79 Å². The summed E-state index contributed by atoms with van der Waals surface area (Å²) in [7, 11) is 1.81. The minimum Gasteiger partial charge on any atom is -0.352 e. The Morgan fingerprint density at radius 1 is 1.38 bits per heavy atom. The molecule has 16 heavy (non-hydrogen) atoms. The fourth-order valence-corrected chi connectivity index (χ4v) is 2.46. The van der Waals surface area contributed by atoms with Gasteiger partial charge in [0, 0.05) is 6.04 Å². The third kappa shape index (κ3) is 5.17. The maximum absolute atomic E-state index is 11.4. The predicted octanol–water partition coefficient (Wildman–Crippen LogP) is 2.10. The molecule has 4 heteroatoms. The molecule has 0 aliphatic heterocycles. The fourth-order valence-electron chi connectivity index (χ4n) is 2.46. The van der Waals surface area contributed by atoms with Crippen molar-refractivity contribution in [2.24, 2.45) is 5.92 Å². The fraction of sp³-hybridized carbons (Fsp3) is 0.917. The maximum Gasteiger partial charge on any atom is 0.234 e. The number of carbonyl (C=O) groups excluding carboxylic acids is 1. The van der Waals surface area contributed by atoms with Gasteiger partial charge in [0.25, 0.3) is 0 Å². The van der Waals surface area contributed by atoms with Crippen LogP contribution in [0.3, 0.4) is 0 Å². The second-order valence-electron chi connectivity index (χ2n) is 4.54. The Morgan fingerprint density at radius 2 is 2.12 bits per heavy atom. The van der Waals surface area contributed by atoms with Gasteiger partial charge < -0.3 is 10.6 Å². The molecular formula is C12H25ClN2O. The van der Waals surface area contributed by atoms with Gasteiger partial charge in [-0.05, 0) is 32.2 Å². The number of unbranched alkanes of at least 4 members (excludes halogenated alkanes) is 1. The average Bonchev–Trinajstić information content (AvgIpc) is 2.63. The van der Waals surface area contributed by atoms with E-state index < -0.39 is 0 Å². The Morgan fingerprint density at radius 3 is 2.75 bits per heavy atom. The first-order valence-corrected chi connectivity index (χ1v) is 6.22. The number of likely N-dealkylation sites (N-methyl/N-ethyl adjacent to an activating group) is 1. The van der Waals surface area contributed by atoms with Crippen molar-refractivity contribution in [2.75, 3.05) is 13.6 Å². The molecule has 3 nitrogen and oxygen atoms in total. The van der Waals surface area contributed by atoms with E-state index in [4.69, 9.17) is 0 Å². The van der Waals surface area contributed by atoms with Gasteiger partial charge >= 0.3 is 0 Å². The quantitative estimate of drug-likeness (QED) is 0.756. The molecule has 0 radical (unpaired) electrons. The van der Waals surface area contributed by atoms with Crippen LogP contribution < -0.4 is 10.6 Å². The number of hydrogen-bond donors (Lipinski definition) is 2. The highest BCUT2D eigenvalue weighted by Gasteiger charge is 2.27. The van der Waals surface area contributed by atoms with Gasteiger partial charge in [-0.25, -0.2) is 0 Å². The summed E-state index contributed by atoms with van der Waals surface area (Å²) >= 11 is 0. The Bertz CT molecular complexity index is 199. The van der Waals surface area contributed by atoms with Crippen molar-refractivity contribution in [1.29, 1.82) is 0 Å². The topological polar surface area (TPSA) is 41.1 Å². The first-order valence-electron chi connectivity index (χ1n) is 6.22. The van der Waals surface area contributed by atoms with Gasteiger partial charge in [-0.15, -0.1) is 12.4 Å². The highest BCUT2D eigenvalue weighted by molar-refractivity contribution is 5.85. The first kappa shape index (κ1) is 15.7. The summed E-state index contributed by atoms with van der Waals surface area (Å²) in [4.78, 5) is 11.4. The van der Waals surface area contributed by atoms with Crippen LogP contribution in [0.5, 0.6) is 0 Å². The predicted molar refractivity (Wildman–Crippen MR) is 70.0 cm³/mol. The van der Waals surface area contributed by atoms with Gasteiger partial charge in [-0.1, -0.05) is 26.2 Å². The van der Waals surface area contributed by atoms with Gasteiger partial charge in [0.1, 0.15) is 0 Å². The lowest BCUT2D eigenvalue weighted by atomic mass is 9.97. The zero-order chi connectivity index (χ0) is 11.1. The SMILES string of the molecule is CCCCC1CCCC1NC(=O)CNC.Cl. The Kier molecular flexibility index (Phi) is 8.67. The van der Waals surface area contributed by atoms with E-state index in [0.29, 0.717) is 12.6 Å². The van der Waals surface area contributed by atoms with E-state index in [-0.39, 0.29) is 18.3 Å². The van der Waals surface area contributed by atoms with Crippen LogP contribution in [0.1, 0.15) is 45.4 Å². The van der Waals surface area contributed by atoms with Gasteiger partial charge in [0.2, 0.25) is 5.91 Å². The highest BCUT2D eigenvalue weighted by atomic mass is 35.5. The molecule has 1 saturated carbocycles. The zero-order valence-electron chi connectivity index (χ0n) is 10.4. The lowest BCUT2D eigenvalue weighted by Crippen LogP contribution is -2.41. The van der Waals surface area contributed by atoms with Crippen molar-refractivity contribution in [3.05, 3.63) is 0 Å². The van der Waals surface area contributed by atoms with Crippen LogP contribution in [0.15, 0.2) is 0 Å². The van der Waals surface area contributed by atoms with Crippen molar-refractivity contribution in [3.63, 3.8) is 0 Å². The second-order valence-corrected chi connectivity index (χ2v) is 4.54. The summed E-state index contributed by atoms with van der Waals surface area (Å²) in [6.07, 6.45) is 7.57. The zero-order valence-corrected chi connectivity index (χ0v) is 11.2. The minimum atomic E-state index is 0. The van der Waals surface area contributed by atoms with Crippen LogP contribution in [0.2, 0.25) is 0 Å². The van der Waals surface area contributed by atoms with Gasteiger partial charge in [-0.2, -0.15) is 0 Å². The standard InChI is InChI=1S/C12H24N2O.ClH/c1-3-4-6-10-7-5-8-11(10)14-12(15)9-13-2;/h10-11,13H,3-9H2,1-2H3,(H,14,15);1H. The molecule has 1 amide bonds. The first-order chi connectivity index (χ1) is 7.27. The molecule has 1 rings (SSSR count). The summed E-state index contributed by atoms with van der Waals surface area (Å²) in [6, 6.07) is 0.442. The molecule has 0 spiro atoms. The van der Waals surface area contributed by atoms with E-state index in [2.05, 4.69) is 17.6 Å². The van der Waals surface area contributed by atoms with Crippen LogP contribution >= 0.6 is 12.4 Å². The van der Waals surface area contributed by atoms with E-state index in [0.717, 1.165) is 5.92 Å². The number of nitrogens with one attached hydrogen (secondary N) is 2. The smallest absolute Gasteiger partial charge is 0.234 e. The van der Waals surface area contributed by atoms with E-state index >= 15 is 0 Å². The summed E-state index contributed by atoms with van der Waals surface area (Å²) in [5, 5.41) is 6.02. The monoisotopic (exact) mass is 248 g/mol. The molecule has 96 valence electrons. The number of rotatable bonds is 6.